The van der Waals surface area contributed by atoms with Crippen molar-refractivity contribution in [3.8, 4) is 0 Å². The first kappa shape index (κ1) is 14.1. The van der Waals surface area contributed by atoms with Gasteiger partial charge in [0.1, 0.15) is 17.8 Å². The Morgan fingerprint density at radius 3 is 2.50 bits per heavy atom. The Kier molecular flexibility index (Phi) is 3.40. The zero-order valence-electron chi connectivity index (χ0n) is 12.5. The monoisotopic (exact) mass is 323 g/mol. The fourth-order valence-electron chi connectivity index (χ4n) is 3.80. The lowest BCUT2D eigenvalue weighted by atomic mass is 10.0. The molecule has 0 N–H and O–H groups in total. The first-order valence-corrected chi connectivity index (χ1v) is 8.15. The van der Waals surface area contributed by atoms with Gasteiger partial charge < -0.3 is 14.6 Å². The fraction of sp³-hybridized carbons (Fsp3) is 0.562. The highest BCUT2D eigenvalue weighted by atomic mass is 35.5. The maximum atomic E-state index is 13.5. The summed E-state index contributed by atoms with van der Waals surface area (Å²) in [6.07, 6.45) is 1.09. The SMILES string of the molecule is CC1CC(N2CC3CN(c4cc(F)ccc4Cl)CC3C2)=NO1. The van der Waals surface area contributed by atoms with Crippen molar-refractivity contribution in [3.63, 3.8) is 0 Å². The van der Waals surface area contributed by atoms with Crippen LogP contribution >= 0.6 is 11.6 Å². The van der Waals surface area contributed by atoms with Gasteiger partial charge in [0.15, 0.2) is 0 Å². The Morgan fingerprint density at radius 1 is 1.18 bits per heavy atom. The maximum absolute atomic E-state index is 13.5. The van der Waals surface area contributed by atoms with Crippen LogP contribution < -0.4 is 4.90 Å². The molecule has 0 saturated carbocycles. The number of amidine groups is 1. The van der Waals surface area contributed by atoms with E-state index < -0.39 is 0 Å². The van der Waals surface area contributed by atoms with Crippen molar-refractivity contribution in [2.45, 2.75) is 19.4 Å². The molecule has 3 aliphatic heterocycles. The minimum Gasteiger partial charge on any atom is -0.391 e. The Labute approximate surface area is 134 Å². The van der Waals surface area contributed by atoms with Crippen molar-refractivity contribution in [1.29, 1.82) is 0 Å². The Bertz CT molecular complexity index is 609. The van der Waals surface area contributed by atoms with Gasteiger partial charge in [-0.05, 0) is 25.1 Å². The summed E-state index contributed by atoms with van der Waals surface area (Å²) in [5.74, 6) is 2.01. The van der Waals surface area contributed by atoms with E-state index in [4.69, 9.17) is 16.4 Å². The summed E-state index contributed by atoms with van der Waals surface area (Å²) in [4.78, 5) is 9.86. The molecule has 0 aromatic heterocycles. The largest absolute Gasteiger partial charge is 0.391 e. The molecule has 1 aromatic rings. The molecule has 3 heterocycles. The highest BCUT2D eigenvalue weighted by Crippen LogP contribution is 2.37. The molecule has 118 valence electrons. The normalized spacial score (nSPS) is 30.5. The second kappa shape index (κ2) is 5.30. The lowest BCUT2D eigenvalue weighted by Gasteiger charge is -2.24. The van der Waals surface area contributed by atoms with Crippen molar-refractivity contribution in [3.05, 3.63) is 29.0 Å². The smallest absolute Gasteiger partial charge is 0.148 e. The highest BCUT2D eigenvalue weighted by molar-refractivity contribution is 6.33. The molecule has 0 radical (unpaired) electrons. The molecule has 0 spiro atoms. The second-order valence-electron chi connectivity index (χ2n) is 6.55. The molecule has 22 heavy (non-hydrogen) atoms. The summed E-state index contributed by atoms with van der Waals surface area (Å²) < 4.78 is 13.5. The van der Waals surface area contributed by atoms with Crippen LogP contribution in [-0.4, -0.2) is 43.0 Å². The average Bonchev–Trinajstić information content (AvgIpc) is 3.14. The number of likely N-dealkylation sites (tertiary alicyclic amines) is 1. The van der Waals surface area contributed by atoms with E-state index in [2.05, 4.69) is 15.0 Å². The third-order valence-corrected chi connectivity index (χ3v) is 5.23. The molecule has 3 unspecified atom stereocenters. The van der Waals surface area contributed by atoms with Crippen LogP contribution in [-0.2, 0) is 4.84 Å². The minimum atomic E-state index is -0.232. The second-order valence-corrected chi connectivity index (χ2v) is 6.96. The first-order chi connectivity index (χ1) is 10.6. The average molecular weight is 324 g/mol. The van der Waals surface area contributed by atoms with Crippen LogP contribution in [0.2, 0.25) is 5.02 Å². The van der Waals surface area contributed by atoms with Crippen molar-refractivity contribution in [2.75, 3.05) is 31.1 Å². The number of benzene rings is 1. The molecular weight excluding hydrogens is 305 g/mol. The van der Waals surface area contributed by atoms with E-state index in [0.29, 0.717) is 16.9 Å². The van der Waals surface area contributed by atoms with Crippen molar-refractivity contribution in [1.82, 2.24) is 4.90 Å². The lowest BCUT2D eigenvalue weighted by molar-refractivity contribution is 0.0993. The summed E-state index contributed by atoms with van der Waals surface area (Å²) in [7, 11) is 0. The van der Waals surface area contributed by atoms with Crippen LogP contribution in [0.15, 0.2) is 23.4 Å². The Morgan fingerprint density at radius 2 is 1.86 bits per heavy atom. The molecule has 0 aliphatic carbocycles. The Balaban J connectivity index is 1.44. The van der Waals surface area contributed by atoms with Gasteiger partial charge in [-0.3, -0.25) is 0 Å². The van der Waals surface area contributed by atoms with E-state index in [0.717, 1.165) is 44.1 Å². The molecular formula is C16H19ClFN3O. The lowest BCUT2D eigenvalue weighted by Crippen LogP contribution is -2.33. The van der Waals surface area contributed by atoms with Crippen LogP contribution in [0.3, 0.4) is 0 Å². The minimum absolute atomic E-state index is 0.193. The van der Waals surface area contributed by atoms with Crippen molar-refractivity contribution in [2.24, 2.45) is 17.0 Å². The van der Waals surface area contributed by atoms with Gasteiger partial charge in [-0.15, -0.1) is 0 Å². The topological polar surface area (TPSA) is 28.1 Å². The van der Waals surface area contributed by atoms with Gasteiger partial charge in [0.05, 0.1) is 10.7 Å². The van der Waals surface area contributed by atoms with Gasteiger partial charge in [-0.2, -0.15) is 0 Å². The molecule has 3 aliphatic rings. The van der Waals surface area contributed by atoms with E-state index in [-0.39, 0.29) is 11.9 Å². The van der Waals surface area contributed by atoms with Crippen LogP contribution in [0.5, 0.6) is 0 Å². The Hall–Kier alpha value is -1.49. The zero-order valence-corrected chi connectivity index (χ0v) is 13.3. The van der Waals surface area contributed by atoms with Gasteiger partial charge >= 0.3 is 0 Å². The number of hydrogen-bond donors (Lipinski definition) is 0. The fourth-order valence-corrected chi connectivity index (χ4v) is 4.04. The highest BCUT2D eigenvalue weighted by Gasteiger charge is 2.42. The molecule has 2 saturated heterocycles. The number of halogens is 2. The summed E-state index contributed by atoms with van der Waals surface area (Å²) in [5.41, 5.74) is 0.817. The number of anilines is 1. The summed E-state index contributed by atoms with van der Waals surface area (Å²) in [5, 5.41) is 4.81. The molecule has 0 bridgehead atoms. The number of hydrogen-bond acceptors (Lipinski definition) is 4. The van der Waals surface area contributed by atoms with Crippen LogP contribution in [0.25, 0.3) is 0 Å². The molecule has 4 nitrogen and oxygen atoms in total. The number of nitrogens with zero attached hydrogens (tertiary/aromatic N) is 3. The predicted octanol–water partition coefficient (Wildman–Crippen LogP) is 2.97. The summed E-state index contributed by atoms with van der Waals surface area (Å²) in [6.45, 7) is 5.90. The number of fused-ring (bicyclic) bond motifs is 1. The van der Waals surface area contributed by atoms with Gasteiger partial charge in [-0.25, -0.2) is 4.39 Å². The van der Waals surface area contributed by atoms with Crippen molar-refractivity contribution >= 4 is 23.1 Å². The van der Waals surface area contributed by atoms with Crippen molar-refractivity contribution < 1.29 is 9.23 Å². The van der Waals surface area contributed by atoms with Crippen LogP contribution in [0.4, 0.5) is 10.1 Å². The van der Waals surface area contributed by atoms with Gasteiger partial charge in [0.2, 0.25) is 0 Å². The molecule has 4 rings (SSSR count). The first-order valence-electron chi connectivity index (χ1n) is 7.78. The van der Waals surface area contributed by atoms with E-state index in [1.807, 2.05) is 6.92 Å². The standard InChI is InChI=1S/C16H19ClFN3O/c1-10-4-16(19-22-10)21-8-11-6-20(7-12(11)9-21)15-5-13(18)2-3-14(15)17/h2-3,5,10-12H,4,6-9H2,1H3. The molecule has 6 heteroatoms. The maximum Gasteiger partial charge on any atom is 0.148 e. The molecule has 1 aromatic carbocycles. The van der Waals surface area contributed by atoms with Gasteiger partial charge in [0, 0.05) is 44.4 Å². The predicted molar refractivity (Wildman–Crippen MR) is 84.8 cm³/mol. The van der Waals surface area contributed by atoms with Gasteiger partial charge in [-0.1, -0.05) is 16.8 Å². The number of oxime groups is 1. The third kappa shape index (κ3) is 2.41. The van der Waals surface area contributed by atoms with Gasteiger partial charge in [0.25, 0.3) is 0 Å². The van der Waals surface area contributed by atoms with Crippen LogP contribution in [0.1, 0.15) is 13.3 Å². The molecule has 0 amide bonds. The van der Waals surface area contributed by atoms with E-state index in [9.17, 15) is 4.39 Å². The summed E-state index contributed by atoms with van der Waals surface area (Å²) >= 11 is 6.23. The number of rotatable bonds is 1. The van der Waals surface area contributed by atoms with E-state index in [1.54, 1.807) is 6.07 Å². The molecule has 3 atom stereocenters. The summed E-state index contributed by atoms with van der Waals surface area (Å²) in [6, 6.07) is 4.58. The quantitative estimate of drug-likeness (QED) is 0.795. The van der Waals surface area contributed by atoms with E-state index >= 15 is 0 Å². The van der Waals surface area contributed by atoms with Crippen LogP contribution in [0, 0.1) is 17.7 Å². The zero-order chi connectivity index (χ0) is 15.3. The molecule has 2 fully saturated rings. The van der Waals surface area contributed by atoms with E-state index in [1.165, 1.54) is 12.1 Å². The third-order valence-electron chi connectivity index (χ3n) is 4.91.